The van der Waals surface area contributed by atoms with E-state index in [1.54, 1.807) is 18.2 Å². The van der Waals surface area contributed by atoms with Crippen molar-refractivity contribution in [3.63, 3.8) is 0 Å². The molecule has 0 aromatic heterocycles. The van der Waals surface area contributed by atoms with E-state index in [4.69, 9.17) is 4.74 Å². The van der Waals surface area contributed by atoms with E-state index in [0.717, 1.165) is 10.0 Å². The molecule has 1 N–H and O–H groups in total. The second-order valence-corrected chi connectivity index (χ2v) is 8.97. The predicted molar refractivity (Wildman–Crippen MR) is 112 cm³/mol. The summed E-state index contributed by atoms with van der Waals surface area (Å²) in [6.45, 7) is 3.40. The summed E-state index contributed by atoms with van der Waals surface area (Å²) in [5.74, 6) is -0.340. The second-order valence-electron chi connectivity index (χ2n) is 6.11. The van der Waals surface area contributed by atoms with Gasteiger partial charge in [0.1, 0.15) is 0 Å². The van der Waals surface area contributed by atoms with E-state index in [1.807, 2.05) is 31.2 Å². The number of nitrogens with one attached hydrogen (secondary N) is 1. The zero-order valence-electron chi connectivity index (χ0n) is 15.8. The van der Waals surface area contributed by atoms with Gasteiger partial charge in [-0.2, -0.15) is 4.31 Å². The fourth-order valence-electron chi connectivity index (χ4n) is 2.52. The summed E-state index contributed by atoms with van der Waals surface area (Å²) < 4.78 is 33.5. The molecule has 2 rings (SSSR count). The van der Waals surface area contributed by atoms with E-state index in [9.17, 15) is 13.2 Å². The van der Waals surface area contributed by atoms with Gasteiger partial charge in [-0.05, 0) is 43.2 Å². The molecular formula is C20H25BrN2O4S. The van der Waals surface area contributed by atoms with Gasteiger partial charge in [0.05, 0.1) is 11.4 Å². The SMILES string of the molecule is CCOCCCNC(=O)CN(Cc1ccc(Br)cc1)S(=O)(=O)c1ccccc1. The number of rotatable bonds is 11. The Hall–Kier alpha value is -1.74. The van der Waals surface area contributed by atoms with E-state index in [0.29, 0.717) is 26.2 Å². The Balaban J connectivity index is 2.12. The summed E-state index contributed by atoms with van der Waals surface area (Å²) in [6, 6.07) is 15.5. The molecule has 0 heterocycles. The van der Waals surface area contributed by atoms with Gasteiger partial charge in [-0.3, -0.25) is 4.79 Å². The maximum Gasteiger partial charge on any atom is 0.243 e. The van der Waals surface area contributed by atoms with E-state index < -0.39 is 10.0 Å². The molecular weight excluding hydrogens is 444 g/mol. The summed E-state index contributed by atoms with van der Waals surface area (Å²) >= 11 is 3.37. The minimum atomic E-state index is -3.81. The van der Waals surface area contributed by atoms with Crippen molar-refractivity contribution in [2.45, 2.75) is 24.8 Å². The maximum atomic E-state index is 13.1. The number of carbonyl (C=O) groups is 1. The molecule has 0 spiro atoms. The van der Waals surface area contributed by atoms with Gasteiger partial charge in [-0.25, -0.2) is 8.42 Å². The van der Waals surface area contributed by atoms with Crippen LogP contribution in [0.4, 0.5) is 0 Å². The number of sulfonamides is 1. The maximum absolute atomic E-state index is 13.1. The van der Waals surface area contributed by atoms with Crippen LogP contribution < -0.4 is 5.32 Å². The molecule has 0 radical (unpaired) electrons. The average Bonchev–Trinajstić information content (AvgIpc) is 2.69. The zero-order chi connectivity index (χ0) is 20.4. The summed E-state index contributed by atoms with van der Waals surface area (Å²) in [4.78, 5) is 12.5. The Kier molecular flexibility index (Phi) is 9.11. The highest BCUT2D eigenvalue weighted by molar-refractivity contribution is 9.10. The van der Waals surface area contributed by atoms with E-state index in [-0.39, 0.29) is 23.9 Å². The Morgan fingerprint density at radius 2 is 1.79 bits per heavy atom. The van der Waals surface area contributed by atoms with Crippen LogP contribution in [0.5, 0.6) is 0 Å². The Morgan fingerprint density at radius 3 is 2.43 bits per heavy atom. The third-order valence-electron chi connectivity index (χ3n) is 3.96. The van der Waals surface area contributed by atoms with E-state index in [1.165, 1.54) is 16.4 Å². The predicted octanol–water partition coefficient (Wildman–Crippen LogP) is 3.18. The Labute approximate surface area is 175 Å². The van der Waals surface area contributed by atoms with E-state index >= 15 is 0 Å². The molecule has 28 heavy (non-hydrogen) atoms. The molecule has 2 aromatic rings. The van der Waals surface area contributed by atoms with Crippen LogP contribution in [0.15, 0.2) is 64.0 Å². The highest BCUT2D eigenvalue weighted by atomic mass is 79.9. The summed E-state index contributed by atoms with van der Waals surface area (Å²) in [5, 5.41) is 2.76. The lowest BCUT2D eigenvalue weighted by Gasteiger charge is -2.22. The number of halogens is 1. The van der Waals surface area contributed by atoms with Crippen LogP contribution in [-0.4, -0.2) is 44.9 Å². The molecule has 0 saturated carbocycles. The first-order chi connectivity index (χ1) is 13.4. The van der Waals surface area contributed by atoms with Crippen LogP contribution >= 0.6 is 15.9 Å². The fraction of sp³-hybridized carbons (Fsp3) is 0.350. The Morgan fingerprint density at radius 1 is 1.11 bits per heavy atom. The molecule has 0 bridgehead atoms. The van der Waals surface area contributed by atoms with Gasteiger partial charge in [0.15, 0.2) is 0 Å². The van der Waals surface area contributed by atoms with Crippen LogP contribution in [0.1, 0.15) is 18.9 Å². The van der Waals surface area contributed by atoms with Crippen LogP contribution in [0, 0.1) is 0 Å². The lowest BCUT2D eigenvalue weighted by atomic mass is 10.2. The van der Waals surface area contributed by atoms with Gasteiger partial charge in [-0.15, -0.1) is 0 Å². The standard InChI is InChI=1S/C20H25BrN2O4S/c1-2-27-14-6-13-22-20(24)16-23(15-17-9-11-18(21)12-10-17)28(25,26)19-7-4-3-5-8-19/h3-5,7-12H,2,6,13-16H2,1H3,(H,22,24). The average molecular weight is 469 g/mol. The molecule has 152 valence electrons. The number of carbonyl (C=O) groups excluding carboxylic acids is 1. The third-order valence-corrected chi connectivity index (χ3v) is 6.30. The van der Waals surface area contributed by atoms with Crippen molar-refractivity contribution >= 4 is 31.9 Å². The van der Waals surface area contributed by atoms with Gasteiger partial charge in [0, 0.05) is 30.8 Å². The molecule has 2 aromatic carbocycles. The Bertz CT molecular complexity index is 842. The number of hydrogen-bond donors (Lipinski definition) is 1. The lowest BCUT2D eigenvalue weighted by molar-refractivity contribution is -0.121. The quantitative estimate of drug-likeness (QED) is 0.513. The number of nitrogens with zero attached hydrogens (tertiary/aromatic N) is 1. The first-order valence-electron chi connectivity index (χ1n) is 9.07. The minimum Gasteiger partial charge on any atom is -0.382 e. The molecule has 6 nitrogen and oxygen atoms in total. The smallest absolute Gasteiger partial charge is 0.243 e. The second kappa shape index (κ2) is 11.3. The fourth-order valence-corrected chi connectivity index (χ4v) is 4.19. The number of amides is 1. The van der Waals surface area contributed by atoms with Crippen molar-refractivity contribution in [2.75, 3.05) is 26.3 Å². The summed E-state index contributed by atoms with van der Waals surface area (Å²) in [6.07, 6.45) is 0.678. The van der Waals surface area contributed by atoms with Gasteiger partial charge < -0.3 is 10.1 Å². The van der Waals surface area contributed by atoms with Crippen molar-refractivity contribution in [3.8, 4) is 0 Å². The molecule has 0 saturated heterocycles. The van der Waals surface area contributed by atoms with Crippen LogP contribution in [0.3, 0.4) is 0 Å². The summed E-state index contributed by atoms with van der Waals surface area (Å²) in [5.41, 5.74) is 0.798. The highest BCUT2D eigenvalue weighted by Gasteiger charge is 2.26. The topological polar surface area (TPSA) is 75.7 Å². The molecule has 0 aliphatic rings. The number of hydrogen-bond acceptors (Lipinski definition) is 4. The largest absolute Gasteiger partial charge is 0.382 e. The zero-order valence-corrected chi connectivity index (χ0v) is 18.2. The number of benzene rings is 2. The highest BCUT2D eigenvalue weighted by Crippen LogP contribution is 2.19. The van der Waals surface area contributed by atoms with Crippen molar-refractivity contribution in [1.29, 1.82) is 0 Å². The van der Waals surface area contributed by atoms with Gasteiger partial charge in [0.25, 0.3) is 0 Å². The minimum absolute atomic E-state index is 0.108. The van der Waals surface area contributed by atoms with E-state index in [2.05, 4.69) is 21.2 Å². The van der Waals surface area contributed by atoms with Gasteiger partial charge >= 0.3 is 0 Å². The lowest BCUT2D eigenvalue weighted by Crippen LogP contribution is -2.40. The molecule has 1 amide bonds. The number of ether oxygens (including phenoxy) is 1. The molecule has 0 aliphatic heterocycles. The van der Waals surface area contributed by atoms with Crippen molar-refractivity contribution < 1.29 is 17.9 Å². The van der Waals surface area contributed by atoms with Crippen molar-refractivity contribution in [1.82, 2.24) is 9.62 Å². The van der Waals surface area contributed by atoms with Crippen LogP contribution in [0.2, 0.25) is 0 Å². The van der Waals surface area contributed by atoms with Crippen LogP contribution in [-0.2, 0) is 26.1 Å². The monoisotopic (exact) mass is 468 g/mol. The third kappa shape index (κ3) is 7.01. The van der Waals surface area contributed by atoms with Gasteiger partial charge in [-0.1, -0.05) is 46.3 Å². The van der Waals surface area contributed by atoms with Crippen molar-refractivity contribution in [2.24, 2.45) is 0 Å². The summed E-state index contributed by atoms with van der Waals surface area (Å²) in [7, 11) is -3.81. The molecule has 0 fully saturated rings. The van der Waals surface area contributed by atoms with Crippen LogP contribution in [0.25, 0.3) is 0 Å². The first-order valence-corrected chi connectivity index (χ1v) is 11.3. The van der Waals surface area contributed by atoms with Gasteiger partial charge in [0.2, 0.25) is 15.9 Å². The van der Waals surface area contributed by atoms with Crippen molar-refractivity contribution in [3.05, 3.63) is 64.6 Å². The normalized spacial score (nSPS) is 11.5. The molecule has 0 aliphatic carbocycles. The molecule has 0 atom stereocenters. The molecule has 8 heteroatoms. The first kappa shape index (κ1) is 22.5. The molecule has 0 unspecified atom stereocenters.